The monoisotopic (exact) mass is 241 g/mol. The fourth-order valence-corrected chi connectivity index (χ4v) is 1.91. The van der Waals surface area contributed by atoms with Gasteiger partial charge in [0.1, 0.15) is 0 Å². The second kappa shape index (κ2) is 5.58. The average Bonchev–Trinajstić information content (AvgIpc) is 2.22. The third kappa shape index (κ3) is 3.50. The summed E-state index contributed by atoms with van der Waals surface area (Å²) in [6.07, 6.45) is 0.962. The van der Waals surface area contributed by atoms with Gasteiger partial charge in [-0.15, -0.1) is 0 Å². The lowest BCUT2D eigenvalue weighted by Crippen LogP contribution is -2.33. The zero-order valence-corrected chi connectivity index (χ0v) is 11.0. The van der Waals surface area contributed by atoms with Crippen LogP contribution in [0.3, 0.4) is 0 Å². The number of halogens is 2. The summed E-state index contributed by atoms with van der Waals surface area (Å²) in [4.78, 5) is 0. The third-order valence-corrected chi connectivity index (χ3v) is 2.76. The van der Waals surface area contributed by atoms with Crippen molar-refractivity contribution < 1.29 is 8.78 Å². The van der Waals surface area contributed by atoms with Crippen LogP contribution in [-0.2, 0) is 0 Å². The lowest BCUT2D eigenvalue weighted by molar-refractivity contribution is 0.264. The molecule has 0 spiro atoms. The lowest BCUT2D eigenvalue weighted by Gasteiger charge is -2.32. The molecule has 0 fully saturated rings. The smallest absolute Gasteiger partial charge is 0.163 e. The number of hydrogen-bond acceptors (Lipinski definition) is 1. The van der Waals surface area contributed by atoms with Gasteiger partial charge in [-0.25, -0.2) is 8.78 Å². The largest absolute Gasteiger partial charge is 0.309 e. The van der Waals surface area contributed by atoms with E-state index in [1.165, 1.54) is 0 Å². The van der Waals surface area contributed by atoms with Crippen molar-refractivity contribution in [2.45, 2.75) is 40.2 Å². The molecule has 0 amide bonds. The summed E-state index contributed by atoms with van der Waals surface area (Å²) in [5.74, 6) is -1.52. The minimum atomic E-state index is -0.782. The van der Waals surface area contributed by atoms with E-state index in [1.54, 1.807) is 12.1 Å². The van der Waals surface area contributed by atoms with Gasteiger partial charge in [0.25, 0.3) is 0 Å². The first-order chi connectivity index (χ1) is 7.88. The van der Waals surface area contributed by atoms with Gasteiger partial charge in [-0.3, -0.25) is 0 Å². The molecule has 1 unspecified atom stereocenters. The lowest BCUT2D eigenvalue weighted by atomic mass is 9.82. The highest BCUT2D eigenvalue weighted by Gasteiger charge is 2.28. The summed E-state index contributed by atoms with van der Waals surface area (Å²) >= 11 is 0. The van der Waals surface area contributed by atoms with Crippen molar-refractivity contribution in [3.8, 4) is 0 Å². The van der Waals surface area contributed by atoms with Crippen LogP contribution >= 0.6 is 0 Å². The van der Waals surface area contributed by atoms with Crippen LogP contribution in [0.25, 0.3) is 0 Å². The highest BCUT2D eigenvalue weighted by atomic mass is 19.2. The summed E-state index contributed by atoms with van der Waals surface area (Å²) in [5, 5.41) is 3.29. The standard InChI is InChI=1S/C14H21F2N/c1-5-9-17-13(14(2,3)4)10-7-6-8-11(15)12(10)16/h6-8,13,17H,5,9H2,1-4H3. The molecule has 96 valence electrons. The molecule has 0 radical (unpaired) electrons. The topological polar surface area (TPSA) is 12.0 Å². The zero-order valence-electron chi connectivity index (χ0n) is 11.0. The van der Waals surface area contributed by atoms with Crippen LogP contribution < -0.4 is 5.32 Å². The van der Waals surface area contributed by atoms with Gasteiger partial charge < -0.3 is 5.32 Å². The molecule has 1 nitrogen and oxygen atoms in total. The number of benzene rings is 1. The van der Waals surface area contributed by atoms with Gasteiger partial charge in [0.05, 0.1) is 0 Å². The molecule has 0 saturated heterocycles. The second-order valence-corrected chi connectivity index (χ2v) is 5.40. The first-order valence-electron chi connectivity index (χ1n) is 6.05. The van der Waals surface area contributed by atoms with Gasteiger partial charge in [-0.1, -0.05) is 39.8 Å². The normalized spacial score (nSPS) is 13.8. The molecule has 0 aliphatic carbocycles. The van der Waals surface area contributed by atoms with Crippen molar-refractivity contribution in [3.63, 3.8) is 0 Å². The Balaban J connectivity index is 3.09. The molecule has 0 heterocycles. The van der Waals surface area contributed by atoms with E-state index in [0.29, 0.717) is 5.56 Å². The second-order valence-electron chi connectivity index (χ2n) is 5.40. The maximum atomic E-state index is 13.8. The van der Waals surface area contributed by atoms with Crippen molar-refractivity contribution in [2.75, 3.05) is 6.54 Å². The van der Waals surface area contributed by atoms with Crippen molar-refractivity contribution in [3.05, 3.63) is 35.4 Å². The molecule has 3 heteroatoms. The summed E-state index contributed by atoms with van der Waals surface area (Å²) in [6.45, 7) is 8.90. The fraction of sp³-hybridized carbons (Fsp3) is 0.571. The predicted octanol–water partition coefficient (Wildman–Crippen LogP) is 4.05. The van der Waals surface area contributed by atoms with Gasteiger partial charge in [0.2, 0.25) is 0 Å². The fourth-order valence-electron chi connectivity index (χ4n) is 1.91. The van der Waals surface area contributed by atoms with E-state index in [1.807, 2.05) is 20.8 Å². The molecule has 1 aromatic carbocycles. The molecule has 1 N–H and O–H groups in total. The molecule has 0 aliphatic heterocycles. The van der Waals surface area contributed by atoms with Gasteiger partial charge >= 0.3 is 0 Å². The van der Waals surface area contributed by atoms with Crippen molar-refractivity contribution in [2.24, 2.45) is 5.41 Å². The van der Waals surface area contributed by atoms with Crippen LogP contribution in [0.4, 0.5) is 8.78 Å². The van der Waals surface area contributed by atoms with Crippen molar-refractivity contribution in [1.29, 1.82) is 0 Å². The number of hydrogen-bond donors (Lipinski definition) is 1. The van der Waals surface area contributed by atoms with E-state index in [-0.39, 0.29) is 11.5 Å². The molecule has 0 bridgehead atoms. The summed E-state index contributed by atoms with van der Waals surface area (Å²) in [5.41, 5.74) is 0.245. The summed E-state index contributed by atoms with van der Waals surface area (Å²) < 4.78 is 27.0. The maximum Gasteiger partial charge on any atom is 0.163 e. The Labute approximate surface area is 102 Å². The van der Waals surface area contributed by atoms with E-state index in [4.69, 9.17) is 0 Å². The van der Waals surface area contributed by atoms with Gasteiger partial charge in [0, 0.05) is 11.6 Å². The molecule has 0 aromatic heterocycles. The van der Waals surface area contributed by atoms with Gasteiger partial charge in [0.15, 0.2) is 11.6 Å². The van der Waals surface area contributed by atoms with E-state index >= 15 is 0 Å². The van der Waals surface area contributed by atoms with Crippen LogP contribution in [-0.4, -0.2) is 6.54 Å². The quantitative estimate of drug-likeness (QED) is 0.838. The Hall–Kier alpha value is -0.960. The molecule has 0 aliphatic rings. The zero-order chi connectivity index (χ0) is 13.1. The average molecular weight is 241 g/mol. The molecular formula is C14H21F2N. The molecular weight excluding hydrogens is 220 g/mol. The van der Waals surface area contributed by atoms with Crippen LogP contribution in [0.1, 0.15) is 45.7 Å². The highest BCUT2D eigenvalue weighted by Crippen LogP contribution is 2.34. The Morgan fingerprint density at radius 3 is 2.41 bits per heavy atom. The number of nitrogens with one attached hydrogen (secondary N) is 1. The minimum absolute atomic E-state index is 0.163. The van der Waals surface area contributed by atoms with Crippen LogP contribution in [0, 0.1) is 17.0 Å². The van der Waals surface area contributed by atoms with E-state index < -0.39 is 11.6 Å². The first kappa shape index (κ1) is 14.1. The molecule has 17 heavy (non-hydrogen) atoms. The number of rotatable bonds is 4. The minimum Gasteiger partial charge on any atom is -0.309 e. The third-order valence-electron chi connectivity index (χ3n) is 2.76. The van der Waals surface area contributed by atoms with Gasteiger partial charge in [-0.05, 0) is 24.4 Å². The van der Waals surface area contributed by atoms with Crippen molar-refractivity contribution >= 4 is 0 Å². The van der Waals surface area contributed by atoms with Crippen LogP contribution in [0.2, 0.25) is 0 Å². The van der Waals surface area contributed by atoms with Crippen LogP contribution in [0.5, 0.6) is 0 Å². The Morgan fingerprint density at radius 2 is 1.88 bits per heavy atom. The molecule has 0 saturated carbocycles. The molecule has 1 atom stereocenters. The highest BCUT2D eigenvalue weighted by molar-refractivity contribution is 5.24. The van der Waals surface area contributed by atoms with Crippen molar-refractivity contribution in [1.82, 2.24) is 5.32 Å². The van der Waals surface area contributed by atoms with E-state index in [9.17, 15) is 8.78 Å². The summed E-state index contributed by atoms with van der Waals surface area (Å²) in [7, 11) is 0. The maximum absolute atomic E-state index is 13.8. The molecule has 1 aromatic rings. The van der Waals surface area contributed by atoms with Gasteiger partial charge in [-0.2, -0.15) is 0 Å². The Bertz CT molecular complexity index is 369. The Kier molecular flexibility index (Phi) is 4.63. The Morgan fingerprint density at radius 1 is 1.24 bits per heavy atom. The van der Waals surface area contributed by atoms with Crippen LogP contribution in [0.15, 0.2) is 18.2 Å². The SMILES string of the molecule is CCCNC(c1cccc(F)c1F)C(C)(C)C. The predicted molar refractivity (Wildman–Crippen MR) is 66.8 cm³/mol. The first-order valence-corrected chi connectivity index (χ1v) is 6.05. The summed E-state index contributed by atoms with van der Waals surface area (Å²) in [6, 6.07) is 4.17. The van der Waals surface area contributed by atoms with E-state index in [0.717, 1.165) is 19.0 Å². The van der Waals surface area contributed by atoms with E-state index in [2.05, 4.69) is 12.2 Å². The molecule has 1 rings (SSSR count).